The van der Waals surface area contributed by atoms with Gasteiger partial charge in [0.15, 0.2) is 0 Å². The van der Waals surface area contributed by atoms with E-state index in [9.17, 15) is 0 Å². The Morgan fingerprint density at radius 1 is 1.78 bits per heavy atom. The molecule has 0 heterocycles. The summed E-state index contributed by atoms with van der Waals surface area (Å²) in [6.07, 6.45) is 4.47. The summed E-state index contributed by atoms with van der Waals surface area (Å²) < 4.78 is 0. The number of aliphatic hydroxyl groups is 1. The fourth-order valence-corrected chi connectivity index (χ4v) is 1.01. The maximum Gasteiger partial charge on any atom is 0.0471 e. The molecule has 0 rings (SSSR count). The van der Waals surface area contributed by atoms with Crippen molar-refractivity contribution >= 4 is 11.8 Å². The molecule has 0 aromatic carbocycles. The number of allylic oxidation sites excluding steroid dienone is 1. The standard InChI is InChI=1S/C7H12OS/c1-3-7(4-5-8)6-9-2/h3,6,8H,1,4-5H2,2H3/b7-6+. The predicted octanol–water partition coefficient (Wildman–Crippen LogP) is 1.80. The number of rotatable bonds is 4. The van der Waals surface area contributed by atoms with E-state index in [1.807, 2.05) is 11.7 Å². The van der Waals surface area contributed by atoms with Gasteiger partial charge in [-0.2, -0.15) is 0 Å². The van der Waals surface area contributed by atoms with E-state index in [1.54, 1.807) is 17.8 Å². The van der Waals surface area contributed by atoms with Crippen LogP contribution >= 0.6 is 11.8 Å². The van der Waals surface area contributed by atoms with Gasteiger partial charge in [-0.1, -0.05) is 12.7 Å². The summed E-state index contributed by atoms with van der Waals surface area (Å²) in [5.74, 6) is 0. The third kappa shape index (κ3) is 4.30. The molecule has 0 unspecified atom stereocenters. The molecule has 0 aromatic rings. The van der Waals surface area contributed by atoms with Gasteiger partial charge in [-0.25, -0.2) is 0 Å². The molecule has 52 valence electrons. The van der Waals surface area contributed by atoms with Gasteiger partial charge in [0.25, 0.3) is 0 Å². The monoisotopic (exact) mass is 144 g/mol. The molecule has 0 atom stereocenters. The van der Waals surface area contributed by atoms with Crippen LogP contribution in [0, 0.1) is 0 Å². The molecule has 0 aliphatic rings. The van der Waals surface area contributed by atoms with E-state index < -0.39 is 0 Å². The Morgan fingerprint density at radius 2 is 2.44 bits per heavy atom. The SMILES string of the molecule is C=C/C(=C\SC)CCO. The summed E-state index contributed by atoms with van der Waals surface area (Å²) in [6.45, 7) is 3.81. The highest BCUT2D eigenvalue weighted by Gasteiger charge is 1.86. The fourth-order valence-electron chi connectivity index (χ4n) is 0.490. The first-order valence-electron chi connectivity index (χ1n) is 2.80. The lowest BCUT2D eigenvalue weighted by atomic mass is 10.2. The minimum absolute atomic E-state index is 0.207. The van der Waals surface area contributed by atoms with Crippen molar-refractivity contribution in [1.29, 1.82) is 0 Å². The molecule has 1 N–H and O–H groups in total. The van der Waals surface area contributed by atoms with Crippen molar-refractivity contribution in [2.45, 2.75) is 6.42 Å². The Balaban J connectivity index is 3.66. The van der Waals surface area contributed by atoms with Crippen molar-refractivity contribution in [3.8, 4) is 0 Å². The molecule has 0 spiro atoms. The summed E-state index contributed by atoms with van der Waals surface area (Å²) in [4.78, 5) is 0. The van der Waals surface area contributed by atoms with E-state index in [1.165, 1.54) is 0 Å². The van der Waals surface area contributed by atoms with E-state index in [0.29, 0.717) is 6.42 Å². The molecule has 0 aliphatic carbocycles. The van der Waals surface area contributed by atoms with Crippen molar-refractivity contribution in [2.75, 3.05) is 12.9 Å². The average molecular weight is 144 g/mol. The van der Waals surface area contributed by atoms with Gasteiger partial charge in [-0.3, -0.25) is 0 Å². The van der Waals surface area contributed by atoms with Gasteiger partial charge in [0.2, 0.25) is 0 Å². The molecule has 0 aromatic heterocycles. The zero-order valence-electron chi connectivity index (χ0n) is 5.63. The van der Waals surface area contributed by atoms with Crippen LogP contribution in [-0.2, 0) is 0 Å². The van der Waals surface area contributed by atoms with Crippen molar-refractivity contribution in [3.63, 3.8) is 0 Å². The molecule has 0 radical (unpaired) electrons. The minimum Gasteiger partial charge on any atom is -0.396 e. The van der Waals surface area contributed by atoms with Crippen LogP contribution in [0.25, 0.3) is 0 Å². The van der Waals surface area contributed by atoms with Gasteiger partial charge < -0.3 is 5.11 Å². The van der Waals surface area contributed by atoms with E-state index >= 15 is 0 Å². The topological polar surface area (TPSA) is 20.2 Å². The minimum atomic E-state index is 0.207. The third-order valence-electron chi connectivity index (χ3n) is 0.932. The van der Waals surface area contributed by atoms with Crippen LogP contribution in [-0.4, -0.2) is 18.0 Å². The van der Waals surface area contributed by atoms with Crippen LogP contribution in [0.15, 0.2) is 23.6 Å². The largest absolute Gasteiger partial charge is 0.396 e. The van der Waals surface area contributed by atoms with Gasteiger partial charge >= 0.3 is 0 Å². The quantitative estimate of drug-likeness (QED) is 0.607. The Morgan fingerprint density at radius 3 is 2.78 bits per heavy atom. The summed E-state index contributed by atoms with van der Waals surface area (Å²) in [6, 6.07) is 0. The molecule has 0 aliphatic heterocycles. The Hall–Kier alpha value is -0.210. The molecule has 1 nitrogen and oxygen atoms in total. The summed E-state index contributed by atoms with van der Waals surface area (Å²) in [5, 5.41) is 10.5. The predicted molar refractivity (Wildman–Crippen MR) is 43.5 cm³/mol. The molecule has 0 fully saturated rings. The van der Waals surface area contributed by atoms with Crippen LogP contribution in [0.5, 0.6) is 0 Å². The Labute approximate surface area is 60.5 Å². The van der Waals surface area contributed by atoms with Crippen LogP contribution in [0.2, 0.25) is 0 Å². The molecule has 9 heavy (non-hydrogen) atoms. The first-order valence-corrected chi connectivity index (χ1v) is 4.09. The fraction of sp³-hybridized carbons (Fsp3) is 0.429. The lowest BCUT2D eigenvalue weighted by molar-refractivity contribution is 0.300. The highest BCUT2D eigenvalue weighted by Crippen LogP contribution is 2.07. The highest BCUT2D eigenvalue weighted by molar-refractivity contribution is 8.01. The molecule has 0 amide bonds. The number of hydrogen-bond acceptors (Lipinski definition) is 2. The Bertz CT molecular complexity index is 107. The van der Waals surface area contributed by atoms with E-state index in [-0.39, 0.29) is 6.61 Å². The molecule has 0 saturated heterocycles. The summed E-state index contributed by atoms with van der Waals surface area (Å²) in [7, 11) is 0. The summed E-state index contributed by atoms with van der Waals surface area (Å²) in [5.41, 5.74) is 1.10. The molecular weight excluding hydrogens is 132 g/mol. The van der Waals surface area contributed by atoms with Gasteiger partial charge in [0, 0.05) is 6.61 Å². The summed E-state index contributed by atoms with van der Waals surface area (Å²) >= 11 is 1.63. The third-order valence-corrected chi connectivity index (χ3v) is 1.47. The van der Waals surface area contributed by atoms with Gasteiger partial charge in [0.1, 0.15) is 0 Å². The van der Waals surface area contributed by atoms with Crippen molar-refractivity contribution in [3.05, 3.63) is 23.6 Å². The van der Waals surface area contributed by atoms with Crippen LogP contribution < -0.4 is 0 Å². The number of aliphatic hydroxyl groups excluding tert-OH is 1. The smallest absolute Gasteiger partial charge is 0.0471 e. The zero-order chi connectivity index (χ0) is 7.11. The van der Waals surface area contributed by atoms with Crippen LogP contribution in [0.4, 0.5) is 0 Å². The van der Waals surface area contributed by atoms with Gasteiger partial charge in [-0.15, -0.1) is 11.8 Å². The molecule has 0 saturated carbocycles. The van der Waals surface area contributed by atoms with Gasteiger partial charge in [0.05, 0.1) is 0 Å². The molecule has 2 heteroatoms. The maximum absolute atomic E-state index is 8.50. The average Bonchev–Trinajstić information content (AvgIpc) is 1.88. The number of thioether (sulfide) groups is 1. The van der Waals surface area contributed by atoms with Crippen molar-refractivity contribution < 1.29 is 5.11 Å². The second-order valence-corrected chi connectivity index (χ2v) is 2.31. The zero-order valence-corrected chi connectivity index (χ0v) is 6.45. The molecular formula is C7H12OS. The van der Waals surface area contributed by atoms with E-state index in [4.69, 9.17) is 5.11 Å². The van der Waals surface area contributed by atoms with Crippen molar-refractivity contribution in [1.82, 2.24) is 0 Å². The first kappa shape index (κ1) is 8.79. The van der Waals surface area contributed by atoms with Gasteiger partial charge in [-0.05, 0) is 23.7 Å². The normalized spacial score (nSPS) is 11.6. The lowest BCUT2D eigenvalue weighted by Crippen LogP contribution is -1.83. The van der Waals surface area contributed by atoms with E-state index in [0.717, 1.165) is 5.57 Å². The molecule has 0 bridgehead atoms. The maximum atomic E-state index is 8.50. The lowest BCUT2D eigenvalue weighted by Gasteiger charge is -1.94. The van der Waals surface area contributed by atoms with Crippen LogP contribution in [0.1, 0.15) is 6.42 Å². The second-order valence-electron chi connectivity index (χ2n) is 1.61. The Kier molecular flexibility index (Phi) is 5.78. The first-order chi connectivity index (χ1) is 4.35. The van der Waals surface area contributed by atoms with E-state index in [2.05, 4.69) is 6.58 Å². The van der Waals surface area contributed by atoms with Crippen LogP contribution in [0.3, 0.4) is 0 Å². The van der Waals surface area contributed by atoms with Crippen molar-refractivity contribution in [2.24, 2.45) is 0 Å². The second kappa shape index (κ2) is 5.92. The number of hydrogen-bond donors (Lipinski definition) is 1. The highest BCUT2D eigenvalue weighted by atomic mass is 32.2.